The molecule has 0 fully saturated rings. The maximum absolute atomic E-state index is 5.17. The fraction of sp³-hybridized carbons (Fsp3) is 0.364. The highest BCUT2D eigenvalue weighted by atomic mass is 32.1. The summed E-state index contributed by atoms with van der Waals surface area (Å²) in [6.45, 7) is 6.82. The van der Waals surface area contributed by atoms with Crippen molar-refractivity contribution < 1.29 is 0 Å². The fourth-order valence-corrected chi connectivity index (χ4v) is 2.00. The lowest BCUT2D eigenvalue weighted by molar-refractivity contribution is 0.754. The predicted molar refractivity (Wildman–Crippen MR) is 65.8 cm³/mol. The van der Waals surface area contributed by atoms with E-state index in [9.17, 15) is 0 Å². The maximum atomic E-state index is 5.17. The number of H-pyrrole nitrogens is 1. The molecule has 2 aromatic heterocycles. The minimum Gasteiger partial charge on any atom is -0.300 e. The molecule has 0 spiro atoms. The van der Waals surface area contributed by atoms with Gasteiger partial charge in [0.2, 0.25) is 0 Å². The minimum atomic E-state index is 0.650. The number of pyridine rings is 1. The summed E-state index contributed by atoms with van der Waals surface area (Å²) in [5.74, 6) is 0.859. The predicted octanol–water partition coefficient (Wildman–Crippen LogP) is 2.64. The van der Waals surface area contributed by atoms with E-state index in [4.69, 9.17) is 12.2 Å². The normalized spacial score (nSPS) is 10.7. The van der Waals surface area contributed by atoms with Crippen LogP contribution in [0.3, 0.4) is 0 Å². The third kappa shape index (κ3) is 1.78. The van der Waals surface area contributed by atoms with Gasteiger partial charge in [-0.1, -0.05) is 0 Å². The Labute approximate surface area is 99.4 Å². The highest BCUT2D eigenvalue weighted by Crippen LogP contribution is 2.20. The second-order valence-corrected chi connectivity index (χ2v) is 4.07. The van der Waals surface area contributed by atoms with E-state index in [1.165, 1.54) is 0 Å². The van der Waals surface area contributed by atoms with Crippen molar-refractivity contribution in [1.29, 1.82) is 0 Å². The van der Waals surface area contributed by atoms with Crippen molar-refractivity contribution in [2.75, 3.05) is 0 Å². The summed E-state index contributed by atoms with van der Waals surface area (Å²) in [4.78, 5) is 4.43. The third-order valence-corrected chi connectivity index (χ3v) is 2.85. The largest absolute Gasteiger partial charge is 0.300 e. The minimum absolute atomic E-state index is 0.650. The number of aromatic amines is 1. The number of hydrogen-bond donors (Lipinski definition) is 1. The molecule has 2 aromatic rings. The summed E-state index contributed by atoms with van der Waals surface area (Å²) in [6.07, 6.45) is 0. The Morgan fingerprint density at radius 2 is 2.12 bits per heavy atom. The first kappa shape index (κ1) is 11.0. The molecule has 84 valence electrons. The Balaban J connectivity index is 2.63. The molecule has 1 N–H and O–H groups in total. The molecule has 0 saturated carbocycles. The van der Waals surface area contributed by atoms with Crippen LogP contribution in [-0.4, -0.2) is 19.7 Å². The standard InChI is InChI=1S/C11H14N4S/c1-4-15-10(13-14-11(15)16)9-6-5-7(2)12-8(9)3/h5-6H,4H2,1-3H3,(H,14,16). The summed E-state index contributed by atoms with van der Waals surface area (Å²) in [5.41, 5.74) is 3.02. The van der Waals surface area contributed by atoms with Crippen LogP contribution in [0.2, 0.25) is 0 Å². The van der Waals surface area contributed by atoms with Crippen molar-refractivity contribution in [3.63, 3.8) is 0 Å². The highest BCUT2D eigenvalue weighted by Gasteiger charge is 2.10. The van der Waals surface area contributed by atoms with Crippen molar-refractivity contribution in [3.8, 4) is 11.4 Å². The van der Waals surface area contributed by atoms with E-state index in [-0.39, 0.29) is 0 Å². The maximum Gasteiger partial charge on any atom is 0.195 e. The molecule has 0 aliphatic heterocycles. The SMILES string of the molecule is CCn1c(-c2ccc(C)nc2C)n[nH]c1=S. The molecule has 0 aliphatic rings. The number of hydrogen-bond acceptors (Lipinski definition) is 3. The first-order valence-corrected chi connectivity index (χ1v) is 5.64. The van der Waals surface area contributed by atoms with E-state index in [2.05, 4.69) is 15.2 Å². The van der Waals surface area contributed by atoms with E-state index in [1.54, 1.807) is 0 Å². The summed E-state index contributed by atoms with van der Waals surface area (Å²) >= 11 is 5.17. The molecule has 0 atom stereocenters. The Bertz CT molecular complexity index is 568. The van der Waals surface area contributed by atoms with Crippen LogP contribution < -0.4 is 0 Å². The number of aryl methyl sites for hydroxylation is 2. The van der Waals surface area contributed by atoms with E-state index in [1.807, 2.05) is 37.5 Å². The fourth-order valence-electron chi connectivity index (χ4n) is 1.74. The van der Waals surface area contributed by atoms with Gasteiger partial charge in [0.1, 0.15) is 0 Å². The van der Waals surface area contributed by atoms with E-state index in [0.29, 0.717) is 4.77 Å². The van der Waals surface area contributed by atoms with E-state index < -0.39 is 0 Å². The van der Waals surface area contributed by atoms with Crippen molar-refractivity contribution in [2.24, 2.45) is 0 Å². The molecule has 0 bridgehead atoms. The number of aromatic nitrogens is 4. The van der Waals surface area contributed by atoms with Crippen molar-refractivity contribution >= 4 is 12.2 Å². The van der Waals surface area contributed by atoms with Crippen LogP contribution >= 0.6 is 12.2 Å². The molecule has 0 saturated heterocycles. The number of rotatable bonds is 2. The number of nitrogens with one attached hydrogen (secondary N) is 1. The zero-order valence-corrected chi connectivity index (χ0v) is 10.4. The van der Waals surface area contributed by atoms with Gasteiger partial charge in [-0.05, 0) is 45.1 Å². The van der Waals surface area contributed by atoms with E-state index in [0.717, 1.165) is 29.3 Å². The average molecular weight is 234 g/mol. The second-order valence-electron chi connectivity index (χ2n) is 3.68. The first-order valence-electron chi connectivity index (χ1n) is 5.23. The third-order valence-electron chi connectivity index (χ3n) is 2.54. The summed E-state index contributed by atoms with van der Waals surface area (Å²) in [6, 6.07) is 4.02. The van der Waals surface area contributed by atoms with Gasteiger partial charge in [0, 0.05) is 23.5 Å². The van der Waals surface area contributed by atoms with Gasteiger partial charge in [-0.2, -0.15) is 5.10 Å². The Morgan fingerprint density at radius 1 is 1.38 bits per heavy atom. The van der Waals surface area contributed by atoms with Crippen LogP contribution in [0.25, 0.3) is 11.4 Å². The van der Waals surface area contributed by atoms with Crippen molar-refractivity contribution in [1.82, 2.24) is 19.7 Å². The van der Waals surface area contributed by atoms with Crippen LogP contribution in [0.1, 0.15) is 18.3 Å². The second kappa shape index (κ2) is 4.17. The quantitative estimate of drug-likeness (QED) is 0.812. The van der Waals surface area contributed by atoms with Crippen molar-refractivity contribution in [3.05, 3.63) is 28.3 Å². The molecular formula is C11H14N4S. The van der Waals surface area contributed by atoms with Gasteiger partial charge >= 0.3 is 0 Å². The molecule has 0 aromatic carbocycles. The Hall–Kier alpha value is -1.49. The van der Waals surface area contributed by atoms with Crippen LogP contribution in [0.15, 0.2) is 12.1 Å². The van der Waals surface area contributed by atoms with Crippen LogP contribution in [0.5, 0.6) is 0 Å². The lowest BCUT2D eigenvalue weighted by atomic mass is 10.2. The monoisotopic (exact) mass is 234 g/mol. The highest BCUT2D eigenvalue weighted by molar-refractivity contribution is 7.71. The number of nitrogens with zero attached hydrogens (tertiary/aromatic N) is 3. The zero-order valence-electron chi connectivity index (χ0n) is 9.61. The molecule has 0 unspecified atom stereocenters. The molecule has 0 radical (unpaired) electrons. The summed E-state index contributed by atoms with van der Waals surface area (Å²) in [5, 5.41) is 7.07. The van der Waals surface area contributed by atoms with Crippen LogP contribution in [0.4, 0.5) is 0 Å². The molecule has 2 heterocycles. The van der Waals surface area contributed by atoms with Gasteiger partial charge in [0.15, 0.2) is 10.6 Å². The molecule has 0 amide bonds. The average Bonchev–Trinajstić information content (AvgIpc) is 2.59. The molecular weight excluding hydrogens is 220 g/mol. The smallest absolute Gasteiger partial charge is 0.195 e. The lowest BCUT2D eigenvalue weighted by Crippen LogP contribution is -2.00. The summed E-state index contributed by atoms with van der Waals surface area (Å²) < 4.78 is 2.62. The van der Waals surface area contributed by atoms with Crippen molar-refractivity contribution in [2.45, 2.75) is 27.3 Å². The van der Waals surface area contributed by atoms with E-state index >= 15 is 0 Å². The van der Waals surface area contributed by atoms with Gasteiger partial charge in [0.25, 0.3) is 0 Å². The van der Waals surface area contributed by atoms with Crippen LogP contribution in [-0.2, 0) is 6.54 Å². The first-order chi connectivity index (χ1) is 7.63. The van der Waals surface area contributed by atoms with Gasteiger partial charge in [-0.25, -0.2) is 0 Å². The Morgan fingerprint density at radius 3 is 2.75 bits per heavy atom. The lowest BCUT2D eigenvalue weighted by Gasteiger charge is -2.06. The Kier molecular flexibility index (Phi) is 2.87. The summed E-state index contributed by atoms with van der Waals surface area (Å²) in [7, 11) is 0. The van der Waals surface area contributed by atoms with Gasteiger partial charge in [-0.3, -0.25) is 10.1 Å². The molecule has 4 nitrogen and oxygen atoms in total. The van der Waals surface area contributed by atoms with Gasteiger partial charge in [0.05, 0.1) is 0 Å². The molecule has 16 heavy (non-hydrogen) atoms. The topological polar surface area (TPSA) is 46.5 Å². The molecule has 0 aliphatic carbocycles. The van der Waals surface area contributed by atoms with Gasteiger partial charge in [-0.15, -0.1) is 0 Å². The van der Waals surface area contributed by atoms with Gasteiger partial charge < -0.3 is 4.57 Å². The molecule has 2 rings (SSSR count). The zero-order chi connectivity index (χ0) is 11.7. The molecule has 5 heteroatoms. The van der Waals surface area contributed by atoms with Crippen LogP contribution in [0, 0.1) is 18.6 Å².